The van der Waals surface area contributed by atoms with Crippen LogP contribution in [0.2, 0.25) is 0 Å². The molecule has 0 radical (unpaired) electrons. The van der Waals surface area contributed by atoms with Gasteiger partial charge in [0.1, 0.15) is 5.82 Å². The molecule has 0 bridgehead atoms. The molecule has 6 nitrogen and oxygen atoms in total. The fraction of sp³-hybridized carbons (Fsp3) is 0.400. The first-order valence-electron chi connectivity index (χ1n) is 11.4. The maximum Gasteiger partial charge on any atom is 0.233 e. The molecule has 1 unspecified atom stereocenters. The summed E-state index contributed by atoms with van der Waals surface area (Å²) in [6, 6.07) is 16.4. The monoisotopic (exact) mass is 467 g/mol. The number of halogens is 1. The largest absolute Gasteiger partial charge is 0.341 e. The number of carbonyl (C=O) groups excluding carboxylic acids is 1. The first-order valence-corrected chi connectivity index (χ1v) is 12.4. The molecular weight excluding hydrogens is 437 g/mol. The average Bonchev–Trinajstić information content (AvgIpc) is 3.27. The second-order valence-corrected chi connectivity index (χ2v) is 9.39. The van der Waals surface area contributed by atoms with E-state index >= 15 is 0 Å². The van der Waals surface area contributed by atoms with E-state index in [1.165, 1.54) is 43.2 Å². The summed E-state index contributed by atoms with van der Waals surface area (Å²) in [6.45, 7) is 4.76. The van der Waals surface area contributed by atoms with Crippen LogP contribution >= 0.6 is 11.8 Å². The van der Waals surface area contributed by atoms with Gasteiger partial charge in [-0.25, -0.2) is 4.39 Å². The molecule has 2 heterocycles. The molecule has 0 spiro atoms. The zero-order valence-electron chi connectivity index (χ0n) is 19.2. The highest BCUT2D eigenvalue weighted by Crippen LogP contribution is 2.29. The van der Waals surface area contributed by atoms with Gasteiger partial charge in [-0.3, -0.25) is 14.3 Å². The third-order valence-corrected chi connectivity index (χ3v) is 6.98. The standard InChI is InChI=1S/C25H30FN5OS/c1-19(30-15-7-4-8-16-30)24-27-28-25(31(24)22-13-11-21(26)12-14-22)33-18-23(32)29(2)17-20-9-5-3-6-10-20/h3,5-6,9-14,19H,4,7-8,15-18H2,1-2H3. The van der Waals surface area contributed by atoms with Crippen LogP contribution in [0.3, 0.4) is 0 Å². The van der Waals surface area contributed by atoms with Gasteiger partial charge >= 0.3 is 0 Å². The number of hydrogen-bond donors (Lipinski definition) is 0. The van der Waals surface area contributed by atoms with E-state index in [0.717, 1.165) is 30.2 Å². The SMILES string of the molecule is CC(c1nnc(SCC(=O)N(C)Cc2ccccc2)n1-c1ccc(F)cc1)N1CCCCC1. The van der Waals surface area contributed by atoms with Crippen LogP contribution in [0.4, 0.5) is 4.39 Å². The van der Waals surface area contributed by atoms with Crippen molar-refractivity contribution >= 4 is 17.7 Å². The lowest BCUT2D eigenvalue weighted by Gasteiger charge is -2.31. The second kappa shape index (κ2) is 10.9. The summed E-state index contributed by atoms with van der Waals surface area (Å²) in [5.41, 5.74) is 1.89. The number of rotatable bonds is 8. The Morgan fingerprint density at radius 1 is 1.06 bits per heavy atom. The highest BCUT2D eigenvalue weighted by molar-refractivity contribution is 7.99. The Bertz CT molecular complexity index is 1050. The van der Waals surface area contributed by atoms with Gasteiger partial charge < -0.3 is 4.90 Å². The zero-order valence-corrected chi connectivity index (χ0v) is 20.0. The van der Waals surface area contributed by atoms with Gasteiger partial charge in [-0.15, -0.1) is 10.2 Å². The average molecular weight is 468 g/mol. The lowest BCUT2D eigenvalue weighted by Crippen LogP contribution is -2.33. The van der Waals surface area contributed by atoms with Crippen molar-refractivity contribution in [3.63, 3.8) is 0 Å². The number of hydrogen-bond acceptors (Lipinski definition) is 5. The van der Waals surface area contributed by atoms with Crippen molar-refractivity contribution in [2.24, 2.45) is 0 Å². The van der Waals surface area contributed by atoms with E-state index in [2.05, 4.69) is 22.0 Å². The summed E-state index contributed by atoms with van der Waals surface area (Å²) in [6.07, 6.45) is 3.62. The molecule has 1 atom stereocenters. The first-order chi connectivity index (χ1) is 16.0. The predicted octanol–water partition coefficient (Wildman–Crippen LogP) is 4.70. The van der Waals surface area contributed by atoms with E-state index in [0.29, 0.717) is 11.7 Å². The van der Waals surface area contributed by atoms with Gasteiger partial charge in [0.25, 0.3) is 0 Å². The Labute approximate surface area is 198 Å². The van der Waals surface area contributed by atoms with Crippen LogP contribution < -0.4 is 0 Å². The van der Waals surface area contributed by atoms with Gasteiger partial charge in [0.05, 0.1) is 11.8 Å². The summed E-state index contributed by atoms with van der Waals surface area (Å²) in [4.78, 5) is 16.9. The molecule has 1 aliphatic rings. The predicted molar refractivity (Wildman–Crippen MR) is 129 cm³/mol. The Morgan fingerprint density at radius 2 is 1.76 bits per heavy atom. The van der Waals surface area contributed by atoms with Crippen molar-refractivity contribution in [2.75, 3.05) is 25.9 Å². The summed E-state index contributed by atoms with van der Waals surface area (Å²) in [5.74, 6) is 0.796. The van der Waals surface area contributed by atoms with E-state index in [4.69, 9.17) is 0 Å². The van der Waals surface area contributed by atoms with Gasteiger partial charge in [0.2, 0.25) is 5.91 Å². The van der Waals surface area contributed by atoms with Gasteiger partial charge in [-0.05, 0) is 62.7 Å². The van der Waals surface area contributed by atoms with E-state index in [-0.39, 0.29) is 23.5 Å². The van der Waals surface area contributed by atoms with Crippen molar-refractivity contribution in [3.05, 3.63) is 71.8 Å². The zero-order chi connectivity index (χ0) is 23.2. The molecule has 1 saturated heterocycles. The minimum Gasteiger partial charge on any atom is -0.341 e. The normalized spacial score (nSPS) is 15.4. The van der Waals surface area contributed by atoms with E-state index in [9.17, 15) is 9.18 Å². The van der Waals surface area contributed by atoms with Crippen LogP contribution in [0.25, 0.3) is 5.69 Å². The highest BCUT2D eigenvalue weighted by atomic mass is 32.2. The minimum atomic E-state index is -0.288. The fourth-order valence-electron chi connectivity index (χ4n) is 4.13. The number of nitrogens with zero attached hydrogens (tertiary/aromatic N) is 5. The Morgan fingerprint density at radius 3 is 2.45 bits per heavy atom. The molecule has 0 aliphatic carbocycles. The maximum atomic E-state index is 13.6. The Kier molecular flexibility index (Phi) is 7.77. The smallest absolute Gasteiger partial charge is 0.233 e. The lowest BCUT2D eigenvalue weighted by atomic mass is 10.1. The third-order valence-electron chi connectivity index (χ3n) is 6.07. The number of amides is 1. The lowest BCUT2D eigenvalue weighted by molar-refractivity contribution is -0.127. The maximum absolute atomic E-state index is 13.6. The van der Waals surface area contributed by atoms with Crippen LogP contribution in [0.1, 0.15) is 43.6 Å². The molecule has 174 valence electrons. The number of benzene rings is 2. The topological polar surface area (TPSA) is 54.3 Å². The van der Waals surface area contributed by atoms with Gasteiger partial charge in [0, 0.05) is 19.3 Å². The van der Waals surface area contributed by atoms with Crippen molar-refractivity contribution in [3.8, 4) is 5.69 Å². The quantitative estimate of drug-likeness (QED) is 0.450. The van der Waals surface area contributed by atoms with Gasteiger partial charge in [0.15, 0.2) is 11.0 Å². The van der Waals surface area contributed by atoms with E-state index in [1.807, 2.05) is 41.9 Å². The molecule has 33 heavy (non-hydrogen) atoms. The number of thioether (sulfide) groups is 1. The Balaban J connectivity index is 1.52. The molecule has 1 fully saturated rings. The van der Waals surface area contributed by atoms with Crippen molar-refractivity contribution in [2.45, 2.75) is 43.9 Å². The molecular formula is C25H30FN5OS. The molecule has 1 aromatic heterocycles. The summed E-state index contributed by atoms with van der Waals surface area (Å²) >= 11 is 1.36. The highest BCUT2D eigenvalue weighted by Gasteiger charge is 2.26. The molecule has 8 heteroatoms. The minimum absolute atomic E-state index is 0.0168. The van der Waals surface area contributed by atoms with Crippen molar-refractivity contribution in [1.82, 2.24) is 24.6 Å². The van der Waals surface area contributed by atoms with Crippen LogP contribution in [0, 0.1) is 5.82 Å². The third kappa shape index (κ3) is 5.81. The summed E-state index contributed by atoms with van der Waals surface area (Å²) in [7, 11) is 1.81. The fourth-order valence-corrected chi connectivity index (χ4v) is 5.03. The molecule has 0 saturated carbocycles. The van der Waals surface area contributed by atoms with Gasteiger partial charge in [-0.2, -0.15) is 0 Å². The van der Waals surface area contributed by atoms with Crippen LogP contribution in [-0.2, 0) is 11.3 Å². The number of piperidine rings is 1. The van der Waals surface area contributed by atoms with E-state index in [1.54, 1.807) is 17.0 Å². The molecule has 0 N–H and O–H groups in total. The van der Waals surface area contributed by atoms with Crippen LogP contribution in [0.5, 0.6) is 0 Å². The first kappa shape index (κ1) is 23.4. The molecule has 4 rings (SSSR count). The Hall–Kier alpha value is -2.71. The number of aromatic nitrogens is 3. The molecule has 3 aromatic rings. The second-order valence-electron chi connectivity index (χ2n) is 8.45. The summed E-state index contributed by atoms with van der Waals surface area (Å²) in [5, 5.41) is 9.58. The summed E-state index contributed by atoms with van der Waals surface area (Å²) < 4.78 is 15.6. The number of likely N-dealkylation sites (tertiary alicyclic amines) is 1. The molecule has 2 aromatic carbocycles. The van der Waals surface area contributed by atoms with Crippen LogP contribution in [-0.4, -0.2) is 56.4 Å². The number of carbonyl (C=O) groups is 1. The van der Waals surface area contributed by atoms with E-state index < -0.39 is 0 Å². The van der Waals surface area contributed by atoms with Crippen molar-refractivity contribution in [1.29, 1.82) is 0 Å². The molecule has 1 amide bonds. The van der Waals surface area contributed by atoms with Crippen LogP contribution in [0.15, 0.2) is 59.8 Å². The van der Waals surface area contributed by atoms with Gasteiger partial charge in [-0.1, -0.05) is 48.5 Å². The molecule has 1 aliphatic heterocycles. The van der Waals surface area contributed by atoms with Crippen molar-refractivity contribution < 1.29 is 9.18 Å².